The van der Waals surface area contributed by atoms with Crippen LogP contribution in [0.15, 0.2) is 9.98 Å². The number of hydrogen-bond donors (Lipinski definition) is 1. The lowest BCUT2D eigenvalue weighted by Gasteiger charge is -2.27. The molecule has 3 nitrogen and oxygen atoms in total. The molecule has 0 amide bonds. The molecule has 2 N–H and O–H groups in total. The topological polar surface area (TPSA) is 50.7 Å². The summed E-state index contributed by atoms with van der Waals surface area (Å²) in [5, 5.41) is 0. The lowest BCUT2D eigenvalue weighted by atomic mass is 9.96. The largest absolute Gasteiger partial charge is 0.319 e. The van der Waals surface area contributed by atoms with Crippen LogP contribution in [0.5, 0.6) is 0 Å². The molecule has 10 heavy (non-hydrogen) atoms. The van der Waals surface area contributed by atoms with E-state index in [-0.39, 0.29) is 11.6 Å². The van der Waals surface area contributed by atoms with Gasteiger partial charge in [-0.15, -0.1) is 0 Å². The fourth-order valence-corrected chi connectivity index (χ4v) is 0.793. The summed E-state index contributed by atoms with van der Waals surface area (Å²) in [7, 11) is 0. The highest BCUT2D eigenvalue weighted by Crippen LogP contribution is 2.11. The van der Waals surface area contributed by atoms with Gasteiger partial charge < -0.3 is 5.73 Å². The maximum Gasteiger partial charge on any atom is 0.120 e. The summed E-state index contributed by atoms with van der Waals surface area (Å²) in [6.07, 6.45) is 1.76. The second-order valence-corrected chi connectivity index (χ2v) is 2.98. The highest BCUT2D eigenvalue weighted by molar-refractivity contribution is 5.92. The molecule has 2 atom stereocenters. The summed E-state index contributed by atoms with van der Waals surface area (Å²) in [5.74, 6) is 0.815. The Morgan fingerprint density at radius 1 is 1.70 bits per heavy atom. The first-order valence-electron chi connectivity index (χ1n) is 3.41. The van der Waals surface area contributed by atoms with Crippen LogP contribution in [-0.2, 0) is 0 Å². The highest BCUT2D eigenvalue weighted by atomic mass is 15.0. The fourth-order valence-electron chi connectivity index (χ4n) is 0.793. The molecule has 56 valence electrons. The summed E-state index contributed by atoms with van der Waals surface area (Å²) in [5.41, 5.74) is 5.47. The van der Waals surface area contributed by atoms with E-state index >= 15 is 0 Å². The first-order chi connectivity index (χ1) is 4.52. The van der Waals surface area contributed by atoms with Crippen molar-refractivity contribution >= 4 is 12.1 Å². The first kappa shape index (κ1) is 7.41. The minimum atomic E-state index is -0.362. The number of hydrogen-bond acceptors (Lipinski definition) is 3. The number of aliphatic imine (C=N–C) groups is 2. The summed E-state index contributed by atoms with van der Waals surface area (Å²) < 4.78 is 0. The number of rotatable bonds is 0. The van der Waals surface area contributed by atoms with E-state index in [2.05, 4.69) is 9.98 Å². The Morgan fingerprint density at radius 3 is 2.70 bits per heavy atom. The number of amidine groups is 1. The van der Waals surface area contributed by atoms with Gasteiger partial charge in [0.1, 0.15) is 5.84 Å². The monoisotopic (exact) mass is 139 g/mol. The van der Waals surface area contributed by atoms with Crippen molar-refractivity contribution < 1.29 is 0 Å². The van der Waals surface area contributed by atoms with Crippen LogP contribution < -0.4 is 5.73 Å². The van der Waals surface area contributed by atoms with Crippen molar-refractivity contribution in [2.75, 3.05) is 0 Å². The van der Waals surface area contributed by atoms with E-state index in [0.717, 1.165) is 5.84 Å². The molecule has 3 heteroatoms. The minimum Gasteiger partial charge on any atom is -0.319 e. The van der Waals surface area contributed by atoms with Gasteiger partial charge in [0.2, 0.25) is 0 Å². The van der Waals surface area contributed by atoms with Crippen molar-refractivity contribution in [1.82, 2.24) is 0 Å². The maximum absolute atomic E-state index is 5.83. The highest BCUT2D eigenvalue weighted by Gasteiger charge is 2.26. The Bertz CT molecular complexity index is 191. The SMILES string of the molecule is CC1=NC(C)C(C)(N)C=N1. The van der Waals surface area contributed by atoms with Crippen LogP contribution in [-0.4, -0.2) is 23.6 Å². The molecule has 1 heterocycles. The minimum absolute atomic E-state index is 0.144. The third-order valence-electron chi connectivity index (χ3n) is 1.81. The van der Waals surface area contributed by atoms with Gasteiger partial charge >= 0.3 is 0 Å². The molecule has 0 radical (unpaired) electrons. The zero-order valence-corrected chi connectivity index (χ0v) is 6.63. The van der Waals surface area contributed by atoms with Crippen molar-refractivity contribution in [1.29, 1.82) is 0 Å². The van der Waals surface area contributed by atoms with E-state index in [0.29, 0.717) is 0 Å². The molecule has 1 aliphatic rings. The Hall–Kier alpha value is -0.700. The lowest BCUT2D eigenvalue weighted by molar-refractivity contribution is 0.520. The van der Waals surface area contributed by atoms with Gasteiger partial charge in [0, 0.05) is 6.21 Å². The summed E-state index contributed by atoms with van der Waals surface area (Å²) in [6.45, 7) is 5.80. The predicted molar refractivity (Wildman–Crippen MR) is 43.7 cm³/mol. The van der Waals surface area contributed by atoms with Gasteiger partial charge in [-0.2, -0.15) is 0 Å². The van der Waals surface area contributed by atoms with Crippen molar-refractivity contribution in [3.63, 3.8) is 0 Å². The molecule has 0 spiro atoms. The van der Waals surface area contributed by atoms with Crippen LogP contribution in [0.3, 0.4) is 0 Å². The van der Waals surface area contributed by atoms with E-state index in [1.54, 1.807) is 6.21 Å². The Morgan fingerprint density at radius 2 is 2.30 bits per heavy atom. The van der Waals surface area contributed by atoms with Crippen molar-refractivity contribution in [3.8, 4) is 0 Å². The van der Waals surface area contributed by atoms with Gasteiger partial charge in [0.15, 0.2) is 0 Å². The zero-order valence-electron chi connectivity index (χ0n) is 6.63. The summed E-state index contributed by atoms with van der Waals surface area (Å²) in [6, 6.07) is 0.144. The fraction of sp³-hybridized carbons (Fsp3) is 0.714. The molecular weight excluding hydrogens is 126 g/mol. The molecule has 0 aromatic rings. The normalized spacial score (nSPS) is 39.6. The maximum atomic E-state index is 5.83. The van der Waals surface area contributed by atoms with Gasteiger partial charge in [-0.3, -0.25) is 4.99 Å². The van der Waals surface area contributed by atoms with Crippen LogP contribution in [0.1, 0.15) is 20.8 Å². The van der Waals surface area contributed by atoms with Crippen molar-refractivity contribution in [3.05, 3.63) is 0 Å². The molecule has 1 rings (SSSR count). The van der Waals surface area contributed by atoms with Crippen LogP contribution in [0.4, 0.5) is 0 Å². The van der Waals surface area contributed by atoms with Crippen LogP contribution >= 0.6 is 0 Å². The molecule has 0 aromatic carbocycles. The molecule has 0 saturated heterocycles. The summed E-state index contributed by atoms with van der Waals surface area (Å²) in [4.78, 5) is 8.26. The Labute approximate surface area is 61.1 Å². The Kier molecular flexibility index (Phi) is 1.60. The van der Waals surface area contributed by atoms with E-state index in [1.165, 1.54) is 0 Å². The zero-order chi connectivity index (χ0) is 7.78. The van der Waals surface area contributed by atoms with Crippen LogP contribution in [0.2, 0.25) is 0 Å². The molecule has 0 saturated carbocycles. The third kappa shape index (κ3) is 1.24. The number of nitrogens with zero attached hydrogens (tertiary/aromatic N) is 2. The average molecular weight is 139 g/mol. The predicted octanol–water partition coefficient (Wildman–Crippen LogP) is 0.595. The number of nitrogens with two attached hydrogens (primary N) is 1. The van der Waals surface area contributed by atoms with Crippen LogP contribution in [0, 0.1) is 0 Å². The van der Waals surface area contributed by atoms with E-state index in [9.17, 15) is 0 Å². The quantitative estimate of drug-likeness (QED) is 0.524. The van der Waals surface area contributed by atoms with Crippen molar-refractivity contribution in [2.24, 2.45) is 15.7 Å². The average Bonchev–Trinajstić information content (AvgIpc) is 1.81. The van der Waals surface area contributed by atoms with Gasteiger partial charge in [0.25, 0.3) is 0 Å². The molecule has 1 aliphatic heterocycles. The van der Waals surface area contributed by atoms with Gasteiger partial charge in [-0.05, 0) is 20.8 Å². The second-order valence-electron chi connectivity index (χ2n) is 2.98. The standard InChI is InChI=1S/C7H13N3/c1-5-7(3,8)4-9-6(2)10-5/h4-5H,8H2,1-3H3. The molecule has 0 fully saturated rings. The molecule has 0 aliphatic carbocycles. The third-order valence-corrected chi connectivity index (χ3v) is 1.81. The van der Waals surface area contributed by atoms with Crippen LogP contribution in [0.25, 0.3) is 0 Å². The van der Waals surface area contributed by atoms with E-state index in [4.69, 9.17) is 5.73 Å². The molecule has 0 aromatic heterocycles. The second kappa shape index (κ2) is 2.16. The van der Waals surface area contributed by atoms with E-state index < -0.39 is 0 Å². The Balaban J connectivity index is 2.84. The van der Waals surface area contributed by atoms with Crippen molar-refractivity contribution in [2.45, 2.75) is 32.4 Å². The van der Waals surface area contributed by atoms with Gasteiger partial charge in [-0.1, -0.05) is 0 Å². The smallest absolute Gasteiger partial charge is 0.120 e. The molecule has 2 unspecified atom stereocenters. The van der Waals surface area contributed by atoms with E-state index in [1.807, 2.05) is 20.8 Å². The lowest BCUT2D eigenvalue weighted by Crippen LogP contribution is -2.49. The molecular formula is C7H13N3. The van der Waals surface area contributed by atoms with Gasteiger partial charge in [0.05, 0.1) is 11.6 Å². The summed E-state index contributed by atoms with van der Waals surface area (Å²) >= 11 is 0. The first-order valence-corrected chi connectivity index (χ1v) is 3.41. The molecule has 0 bridgehead atoms. The van der Waals surface area contributed by atoms with Gasteiger partial charge in [-0.25, -0.2) is 4.99 Å².